The van der Waals surface area contributed by atoms with E-state index >= 15 is 0 Å². The van der Waals surface area contributed by atoms with E-state index in [-0.39, 0.29) is 11.7 Å². The monoisotopic (exact) mass is 266 g/mol. The molecule has 1 amide bonds. The minimum atomic E-state index is -0.350. The van der Waals surface area contributed by atoms with E-state index in [4.69, 9.17) is 0 Å². The molecular weight excluding hydrogens is 260 g/mol. The minimum Gasteiger partial charge on any atom is -0.288 e. The molecule has 1 aliphatic carbocycles. The van der Waals surface area contributed by atoms with Crippen molar-refractivity contribution in [2.24, 2.45) is 4.99 Å². The molecule has 0 unspecified atom stereocenters. The first-order valence-electron chi connectivity index (χ1n) is 5.67. The summed E-state index contributed by atoms with van der Waals surface area (Å²) in [6, 6.07) is 3.49. The lowest BCUT2D eigenvalue weighted by Gasteiger charge is -2.17. The van der Waals surface area contributed by atoms with Crippen LogP contribution in [0.15, 0.2) is 40.5 Å². The number of hydrogen-bond donors (Lipinski definition) is 0. The molecule has 0 N–H and O–H groups in total. The molecule has 0 aromatic carbocycles. The van der Waals surface area contributed by atoms with Gasteiger partial charge in [0.15, 0.2) is 5.78 Å². The van der Waals surface area contributed by atoms with Crippen LogP contribution in [0, 0.1) is 0 Å². The molecule has 4 nitrogen and oxygen atoms in total. The number of thiophene rings is 1. The van der Waals surface area contributed by atoms with Gasteiger partial charge in [-0.3, -0.25) is 14.6 Å². The van der Waals surface area contributed by atoms with Gasteiger partial charge in [0, 0.05) is 18.0 Å². The molecule has 0 atom stereocenters. The Balaban J connectivity index is 2.19. The highest BCUT2D eigenvalue weighted by Gasteiger charge is 2.31. The zero-order chi connectivity index (χ0) is 13.0. The zero-order valence-corrected chi connectivity index (χ0v) is 10.4. The van der Waals surface area contributed by atoms with E-state index in [1.165, 1.54) is 11.3 Å². The maximum absolute atomic E-state index is 12.6. The highest BCUT2D eigenvalue weighted by molar-refractivity contribution is 7.08. The number of aromatic nitrogens is 1. The summed E-state index contributed by atoms with van der Waals surface area (Å²) in [5, 5.41) is 2.42. The van der Waals surface area contributed by atoms with Gasteiger partial charge in [0.05, 0.1) is 21.0 Å². The molecule has 19 heavy (non-hydrogen) atoms. The molecule has 2 aromatic heterocycles. The number of carbonyl (C=O) groups is 2. The first kappa shape index (κ1) is 10.5. The number of hydrogen-bond acceptors (Lipinski definition) is 4. The number of Topliss-reactive ketones (excluding diaryl/α,β-unsaturated/α-hetero) is 1. The second-order valence-electron chi connectivity index (χ2n) is 4.28. The summed E-state index contributed by atoms with van der Waals surface area (Å²) in [5.74, 6) is -0.496. The van der Waals surface area contributed by atoms with Crippen LogP contribution >= 0.6 is 11.3 Å². The fraction of sp³-hybridized carbons (Fsp3) is 0. The molecule has 5 heteroatoms. The average Bonchev–Trinajstić information content (AvgIpc) is 2.87. The van der Waals surface area contributed by atoms with Gasteiger partial charge in [-0.05, 0) is 29.2 Å². The van der Waals surface area contributed by atoms with Crippen molar-refractivity contribution in [3.05, 3.63) is 56.5 Å². The minimum absolute atomic E-state index is 0.146. The molecule has 0 saturated carbocycles. The van der Waals surface area contributed by atoms with Gasteiger partial charge >= 0.3 is 0 Å². The molecule has 0 fully saturated rings. The van der Waals surface area contributed by atoms with Crippen molar-refractivity contribution in [2.45, 2.75) is 0 Å². The van der Waals surface area contributed by atoms with E-state index in [0.29, 0.717) is 22.1 Å². The summed E-state index contributed by atoms with van der Waals surface area (Å²) in [5.41, 5.74) is 2.11. The molecule has 0 spiro atoms. The fourth-order valence-electron chi connectivity index (χ4n) is 2.35. The average molecular weight is 266 g/mol. The first-order valence-corrected chi connectivity index (χ1v) is 6.55. The summed E-state index contributed by atoms with van der Waals surface area (Å²) in [7, 11) is 0. The smallest absolute Gasteiger partial charge is 0.278 e. The molecule has 3 heterocycles. The number of pyridine rings is 1. The molecule has 2 aromatic rings. The van der Waals surface area contributed by atoms with Gasteiger partial charge in [0.1, 0.15) is 0 Å². The number of fused-ring (bicyclic) bond motifs is 3. The van der Waals surface area contributed by atoms with Crippen molar-refractivity contribution in [1.82, 2.24) is 4.98 Å². The van der Waals surface area contributed by atoms with Crippen LogP contribution in [0.5, 0.6) is 0 Å². The number of ketones is 1. The van der Waals surface area contributed by atoms with Crippen LogP contribution in [0.25, 0.3) is 11.6 Å². The number of amides is 1. The van der Waals surface area contributed by atoms with Crippen molar-refractivity contribution in [1.29, 1.82) is 0 Å². The summed E-state index contributed by atoms with van der Waals surface area (Å²) < 4.78 is 0.769. The molecule has 0 bridgehead atoms. The maximum Gasteiger partial charge on any atom is 0.278 e. The normalized spacial score (nSPS) is 16.2. The Morgan fingerprint density at radius 2 is 2.05 bits per heavy atom. The zero-order valence-electron chi connectivity index (χ0n) is 9.58. The van der Waals surface area contributed by atoms with E-state index in [0.717, 1.165) is 10.1 Å². The molecule has 0 saturated heterocycles. The van der Waals surface area contributed by atoms with Crippen molar-refractivity contribution in [3.8, 4) is 0 Å². The van der Waals surface area contributed by atoms with E-state index in [1.54, 1.807) is 30.6 Å². The fourth-order valence-corrected chi connectivity index (χ4v) is 3.23. The highest BCUT2D eigenvalue weighted by atomic mass is 32.1. The number of nitrogens with zero attached hydrogens (tertiary/aromatic N) is 2. The van der Waals surface area contributed by atoms with Crippen LogP contribution in [0.4, 0.5) is 0 Å². The summed E-state index contributed by atoms with van der Waals surface area (Å²) in [4.78, 5) is 32.6. The molecule has 2 aliphatic rings. The van der Waals surface area contributed by atoms with Crippen LogP contribution in [0.3, 0.4) is 0 Å². The van der Waals surface area contributed by atoms with Crippen LogP contribution in [-0.4, -0.2) is 16.7 Å². The molecule has 0 radical (unpaired) electrons. The van der Waals surface area contributed by atoms with Crippen molar-refractivity contribution < 1.29 is 9.59 Å². The van der Waals surface area contributed by atoms with Crippen molar-refractivity contribution in [2.75, 3.05) is 0 Å². The molecule has 4 rings (SSSR count). The second-order valence-corrected chi connectivity index (χ2v) is 5.19. The predicted molar refractivity (Wildman–Crippen MR) is 70.1 cm³/mol. The third-order valence-electron chi connectivity index (χ3n) is 3.22. The topological polar surface area (TPSA) is 59.4 Å². The Morgan fingerprint density at radius 3 is 2.95 bits per heavy atom. The second kappa shape index (κ2) is 3.55. The van der Waals surface area contributed by atoms with Gasteiger partial charge in [-0.25, -0.2) is 4.99 Å². The van der Waals surface area contributed by atoms with Gasteiger partial charge in [0.25, 0.3) is 5.91 Å². The third kappa shape index (κ3) is 1.33. The van der Waals surface area contributed by atoms with E-state index in [2.05, 4.69) is 9.98 Å². The van der Waals surface area contributed by atoms with Gasteiger partial charge in [-0.15, -0.1) is 11.3 Å². The number of carbonyl (C=O) groups excluding carboxylic acids is 2. The largest absolute Gasteiger partial charge is 0.288 e. The summed E-state index contributed by atoms with van der Waals surface area (Å²) >= 11 is 1.43. The lowest BCUT2D eigenvalue weighted by Crippen LogP contribution is -2.34. The first-order chi connectivity index (χ1) is 9.25. The van der Waals surface area contributed by atoms with E-state index < -0.39 is 0 Å². The molecular formula is C14H6N2O2S. The standard InChI is InChI=1S/C14H6N2O2S/c17-12-9-6-15-3-1-7(9)5-8-11(12)13-10(2-4-19-13)16-14(8)18/h1-6H. The number of rotatable bonds is 0. The van der Waals surface area contributed by atoms with Crippen LogP contribution < -0.4 is 9.89 Å². The summed E-state index contributed by atoms with van der Waals surface area (Å²) in [6.45, 7) is 0. The van der Waals surface area contributed by atoms with E-state index in [1.807, 2.05) is 5.38 Å². The third-order valence-corrected chi connectivity index (χ3v) is 4.14. The van der Waals surface area contributed by atoms with Gasteiger partial charge in [0.2, 0.25) is 0 Å². The molecule has 1 aliphatic heterocycles. The predicted octanol–water partition coefficient (Wildman–Crippen LogP) is 0.734. The Kier molecular flexibility index (Phi) is 1.97. The maximum atomic E-state index is 12.6. The van der Waals surface area contributed by atoms with Crippen molar-refractivity contribution >= 4 is 34.7 Å². The van der Waals surface area contributed by atoms with Gasteiger partial charge in [-0.2, -0.15) is 0 Å². The Hall–Kier alpha value is -2.40. The van der Waals surface area contributed by atoms with Gasteiger partial charge in [-0.1, -0.05) is 0 Å². The Labute approximate surface area is 111 Å². The lowest BCUT2D eigenvalue weighted by atomic mass is 9.87. The van der Waals surface area contributed by atoms with Crippen molar-refractivity contribution in [3.63, 3.8) is 0 Å². The quantitative estimate of drug-likeness (QED) is 0.706. The Morgan fingerprint density at radius 1 is 1.16 bits per heavy atom. The molecule has 90 valence electrons. The SMILES string of the molecule is O=C1N=c2ccsc2=C2C(=O)c3cnccc3C=C12. The van der Waals surface area contributed by atoms with Gasteiger partial charge < -0.3 is 0 Å². The van der Waals surface area contributed by atoms with Crippen LogP contribution in [0.2, 0.25) is 0 Å². The highest BCUT2D eigenvalue weighted by Crippen LogP contribution is 2.29. The summed E-state index contributed by atoms with van der Waals surface area (Å²) in [6.07, 6.45) is 4.87. The van der Waals surface area contributed by atoms with Crippen LogP contribution in [-0.2, 0) is 4.79 Å². The van der Waals surface area contributed by atoms with Crippen LogP contribution in [0.1, 0.15) is 15.9 Å². The Bertz CT molecular complexity index is 906. The lowest BCUT2D eigenvalue weighted by molar-refractivity contribution is -0.114. The van der Waals surface area contributed by atoms with E-state index in [9.17, 15) is 9.59 Å².